The molecular weight excluding hydrogens is 327 g/mol. The van der Waals surface area contributed by atoms with E-state index in [1.165, 1.54) is 49.2 Å². The molecule has 1 heterocycles. The van der Waals surface area contributed by atoms with Gasteiger partial charge in [-0.2, -0.15) is 13.2 Å². The molecule has 130 valence electrons. The minimum Gasteiger partial charge on any atom is -0.497 e. The molecule has 0 radical (unpaired) electrons. The number of carboxylic acid groups (broad SMARTS) is 1. The molecule has 24 heavy (non-hydrogen) atoms. The van der Waals surface area contributed by atoms with Gasteiger partial charge in [-0.25, -0.2) is 0 Å². The van der Waals surface area contributed by atoms with Gasteiger partial charge in [0, 0.05) is 25.7 Å². The first-order chi connectivity index (χ1) is 11.1. The summed E-state index contributed by atoms with van der Waals surface area (Å²) in [6.45, 7) is 1.08. The Morgan fingerprint density at radius 1 is 1.12 bits per heavy atom. The normalized spacial score (nSPS) is 10.6. The van der Waals surface area contributed by atoms with Gasteiger partial charge in [0.1, 0.15) is 11.4 Å². The van der Waals surface area contributed by atoms with Crippen LogP contribution >= 0.6 is 0 Å². The second-order valence-corrected chi connectivity index (χ2v) is 4.76. The molecule has 0 bridgehead atoms. The monoisotopic (exact) mass is 343 g/mol. The standard InChI is InChI=1S/C14H12F3NO2.C2H4O2/c1-18-8-7-11(14(15,16)17)12(18)13(19)9-3-5-10(20-2)6-4-9;1-2(3)4/h3-8H,1-2H3;1H3,(H,3,4). The van der Waals surface area contributed by atoms with Gasteiger partial charge in [-0.05, 0) is 30.3 Å². The van der Waals surface area contributed by atoms with Crippen LogP contribution in [0.2, 0.25) is 0 Å². The van der Waals surface area contributed by atoms with Gasteiger partial charge in [-0.15, -0.1) is 0 Å². The number of carboxylic acids is 1. The molecule has 1 aromatic carbocycles. The zero-order chi connectivity index (χ0) is 18.5. The molecule has 0 unspecified atom stereocenters. The first-order valence-electron chi connectivity index (χ1n) is 6.68. The second kappa shape index (κ2) is 7.67. The highest BCUT2D eigenvalue weighted by atomic mass is 19.4. The maximum atomic E-state index is 12.9. The summed E-state index contributed by atoms with van der Waals surface area (Å²) in [5.41, 5.74) is -1.12. The summed E-state index contributed by atoms with van der Waals surface area (Å²) in [5.74, 6) is -0.975. The highest BCUT2D eigenvalue weighted by Gasteiger charge is 2.37. The van der Waals surface area contributed by atoms with Gasteiger partial charge in [0.2, 0.25) is 5.78 Å². The molecule has 0 amide bonds. The fraction of sp³-hybridized carbons (Fsp3) is 0.250. The van der Waals surface area contributed by atoms with Crippen LogP contribution in [-0.2, 0) is 18.0 Å². The van der Waals surface area contributed by atoms with Gasteiger partial charge < -0.3 is 14.4 Å². The van der Waals surface area contributed by atoms with Gasteiger partial charge in [0.05, 0.1) is 12.7 Å². The van der Waals surface area contributed by atoms with Crippen molar-refractivity contribution in [2.75, 3.05) is 7.11 Å². The lowest BCUT2D eigenvalue weighted by Gasteiger charge is -2.10. The molecule has 1 aromatic heterocycles. The fourth-order valence-corrected chi connectivity index (χ4v) is 1.92. The summed E-state index contributed by atoms with van der Waals surface area (Å²) in [6, 6.07) is 6.84. The molecule has 0 aliphatic carbocycles. The third kappa shape index (κ3) is 4.87. The van der Waals surface area contributed by atoms with E-state index in [-0.39, 0.29) is 11.3 Å². The van der Waals surface area contributed by atoms with E-state index in [1.54, 1.807) is 0 Å². The number of nitrogens with zero attached hydrogens (tertiary/aromatic N) is 1. The third-order valence-corrected chi connectivity index (χ3v) is 2.95. The fourth-order valence-electron chi connectivity index (χ4n) is 1.92. The van der Waals surface area contributed by atoms with E-state index < -0.39 is 23.5 Å². The molecule has 0 saturated carbocycles. The predicted molar refractivity (Wildman–Crippen MR) is 80.2 cm³/mol. The van der Waals surface area contributed by atoms with Crippen molar-refractivity contribution in [2.24, 2.45) is 7.05 Å². The molecule has 0 atom stereocenters. The number of carbonyl (C=O) groups is 2. The largest absolute Gasteiger partial charge is 0.497 e. The Hall–Kier alpha value is -2.77. The number of aliphatic carboxylic acids is 1. The second-order valence-electron chi connectivity index (χ2n) is 4.76. The van der Waals surface area contributed by atoms with Crippen molar-refractivity contribution in [3.05, 3.63) is 53.3 Å². The number of methoxy groups -OCH3 is 1. The Morgan fingerprint density at radius 3 is 2.04 bits per heavy atom. The van der Waals surface area contributed by atoms with Crippen LogP contribution in [0.3, 0.4) is 0 Å². The molecule has 0 spiro atoms. The zero-order valence-electron chi connectivity index (χ0n) is 13.2. The minimum absolute atomic E-state index is 0.179. The third-order valence-electron chi connectivity index (χ3n) is 2.95. The van der Waals surface area contributed by atoms with E-state index in [4.69, 9.17) is 14.6 Å². The number of hydrogen-bond acceptors (Lipinski definition) is 3. The Kier molecular flexibility index (Phi) is 6.16. The lowest BCUT2D eigenvalue weighted by Crippen LogP contribution is -2.15. The lowest BCUT2D eigenvalue weighted by molar-refractivity contribution is -0.138. The SMILES string of the molecule is CC(=O)O.COc1ccc(C(=O)c2c(C(F)(F)F)ccn2C)cc1. The van der Waals surface area contributed by atoms with Crippen LogP contribution < -0.4 is 4.74 Å². The summed E-state index contributed by atoms with van der Waals surface area (Å²) in [4.78, 5) is 21.2. The predicted octanol–water partition coefficient (Wildman–Crippen LogP) is 3.37. The first kappa shape index (κ1) is 19.3. The van der Waals surface area contributed by atoms with Crippen molar-refractivity contribution < 1.29 is 32.6 Å². The van der Waals surface area contributed by atoms with Crippen molar-refractivity contribution >= 4 is 11.8 Å². The average Bonchev–Trinajstić information content (AvgIpc) is 2.88. The first-order valence-corrected chi connectivity index (χ1v) is 6.68. The molecule has 8 heteroatoms. The van der Waals surface area contributed by atoms with Crippen molar-refractivity contribution in [1.82, 2.24) is 4.57 Å². The number of halogens is 3. The van der Waals surface area contributed by atoms with Crippen LogP contribution in [0.25, 0.3) is 0 Å². The zero-order valence-corrected chi connectivity index (χ0v) is 13.2. The maximum Gasteiger partial charge on any atom is 0.418 e. The average molecular weight is 343 g/mol. The number of alkyl halides is 3. The number of hydrogen-bond donors (Lipinski definition) is 1. The van der Waals surface area contributed by atoms with Crippen LogP contribution in [0.4, 0.5) is 13.2 Å². The van der Waals surface area contributed by atoms with Crippen molar-refractivity contribution in [3.63, 3.8) is 0 Å². The number of benzene rings is 1. The molecule has 5 nitrogen and oxygen atoms in total. The number of aryl methyl sites for hydroxylation is 1. The summed E-state index contributed by atoms with van der Waals surface area (Å²) in [5, 5.41) is 7.42. The number of ketones is 1. The smallest absolute Gasteiger partial charge is 0.418 e. The van der Waals surface area contributed by atoms with Gasteiger partial charge in [-0.3, -0.25) is 9.59 Å². The van der Waals surface area contributed by atoms with E-state index in [2.05, 4.69) is 0 Å². The van der Waals surface area contributed by atoms with Crippen molar-refractivity contribution in [1.29, 1.82) is 0 Å². The minimum atomic E-state index is -4.56. The maximum absolute atomic E-state index is 12.9. The van der Waals surface area contributed by atoms with E-state index in [1.807, 2.05) is 0 Å². The van der Waals surface area contributed by atoms with Gasteiger partial charge in [-0.1, -0.05) is 0 Å². The molecule has 0 fully saturated rings. The summed E-state index contributed by atoms with van der Waals surface area (Å²) in [7, 11) is 2.88. The molecule has 0 aliphatic heterocycles. The Balaban J connectivity index is 0.000000648. The number of aromatic nitrogens is 1. The Bertz CT molecular complexity index is 714. The van der Waals surface area contributed by atoms with Crippen molar-refractivity contribution in [3.8, 4) is 5.75 Å². The van der Waals surface area contributed by atoms with E-state index in [0.29, 0.717) is 5.75 Å². The van der Waals surface area contributed by atoms with Crippen molar-refractivity contribution in [2.45, 2.75) is 13.1 Å². The summed E-state index contributed by atoms with van der Waals surface area (Å²) >= 11 is 0. The van der Waals surface area contributed by atoms with E-state index in [9.17, 15) is 18.0 Å². The van der Waals surface area contributed by atoms with Crippen LogP contribution in [0.1, 0.15) is 28.5 Å². The van der Waals surface area contributed by atoms with Crippen LogP contribution in [0.5, 0.6) is 5.75 Å². The van der Waals surface area contributed by atoms with E-state index in [0.717, 1.165) is 13.0 Å². The quantitative estimate of drug-likeness (QED) is 0.868. The molecular formula is C16H16F3NO4. The van der Waals surface area contributed by atoms with Gasteiger partial charge in [0.15, 0.2) is 0 Å². The highest BCUT2D eigenvalue weighted by Crippen LogP contribution is 2.33. The van der Waals surface area contributed by atoms with Gasteiger partial charge >= 0.3 is 6.18 Å². The Labute approximate surface area is 136 Å². The lowest BCUT2D eigenvalue weighted by atomic mass is 10.0. The van der Waals surface area contributed by atoms with Gasteiger partial charge in [0.25, 0.3) is 5.97 Å². The summed E-state index contributed by atoms with van der Waals surface area (Å²) in [6.07, 6.45) is -3.34. The number of rotatable bonds is 3. The van der Waals surface area contributed by atoms with Crippen LogP contribution in [-0.4, -0.2) is 28.5 Å². The molecule has 0 aliphatic rings. The van der Waals surface area contributed by atoms with Crippen LogP contribution in [0.15, 0.2) is 36.5 Å². The molecule has 2 rings (SSSR count). The molecule has 0 saturated heterocycles. The number of carbonyl (C=O) groups excluding carboxylic acids is 1. The summed E-state index contributed by atoms with van der Waals surface area (Å²) < 4.78 is 44.7. The highest BCUT2D eigenvalue weighted by molar-refractivity contribution is 6.09. The topological polar surface area (TPSA) is 68.5 Å². The number of ether oxygens (including phenoxy) is 1. The van der Waals surface area contributed by atoms with Crippen LogP contribution in [0, 0.1) is 0 Å². The molecule has 2 aromatic rings. The Morgan fingerprint density at radius 2 is 1.62 bits per heavy atom. The van der Waals surface area contributed by atoms with E-state index >= 15 is 0 Å². The molecule has 1 N–H and O–H groups in total.